The largest absolute Gasteiger partial charge is 0.300 e. The third-order valence-electron chi connectivity index (χ3n) is 3.30. The first-order valence-corrected chi connectivity index (χ1v) is 7.11. The van der Waals surface area contributed by atoms with Crippen molar-refractivity contribution in [3.8, 4) is 0 Å². The van der Waals surface area contributed by atoms with Crippen molar-refractivity contribution in [3.05, 3.63) is 0 Å². The molecule has 2 heteroatoms. The molecule has 1 aliphatic rings. The molecule has 0 amide bonds. The smallest absolute Gasteiger partial charge is 0.00954 e. The van der Waals surface area contributed by atoms with E-state index in [9.17, 15) is 0 Å². The molecule has 90 valence electrons. The van der Waals surface area contributed by atoms with E-state index in [1.165, 1.54) is 38.8 Å². The van der Waals surface area contributed by atoms with Gasteiger partial charge in [0.1, 0.15) is 0 Å². The van der Waals surface area contributed by atoms with Crippen LogP contribution in [0.4, 0.5) is 0 Å². The van der Waals surface area contributed by atoms with Gasteiger partial charge in [0.15, 0.2) is 0 Å². The van der Waals surface area contributed by atoms with E-state index in [2.05, 4.69) is 38.3 Å². The standard InChI is InChI=1S/C13H27NS/c1-11(2)8-14(9-12(3)10-15)13-6-4-5-7-13/h11-13,15H,4-10H2,1-3H3. The number of nitrogens with zero attached hydrogens (tertiary/aromatic N) is 1. The van der Waals surface area contributed by atoms with E-state index in [0.29, 0.717) is 0 Å². The van der Waals surface area contributed by atoms with Crippen LogP contribution < -0.4 is 0 Å². The summed E-state index contributed by atoms with van der Waals surface area (Å²) in [5, 5.41) is 0. The fourth-order valence-corrected chi connectivity index (χ4v) is 2.68. The van der Waals surface area contributed by atoms with Crippen LogP contribution in [0, 0.1) is 11.8 Å². The molecule has 0 saturated heterocycles. The minimum Gasteiger partial charge on any atom is -0.300 e. The third kappa shape index (κ3) is 4.78. The molecule has 1 saturated carbocycles. The second-order valence-electron chi connectivity index (χ2n) is 5.57. The van der Waals surface area contributed by atoms with Crippen molar-refractivity contribution in [2.45, 2.75) is 52.5 Å². The molecule has 0 aromatic rings. The first kappa shape index (κ1) is 13.4. The van der Waals surface area contributed by atoms with Crippen LogP contribution in [0.15, 0.2) is 0 Å². The van der Waals surface area contributed by atoms with Gasteiger partial charge in [0.25, 0.3) is 0 Å². The molecule has 15 heavy (non-hydrogen) atoms. The number of rotatable bonds is 6. The topological polar surface area (TPSA) is 3.24 Å². The van der Waals surface area contributed by atoms with Crippen LogP contribution in [-0.4, -0.2) is 29.8 Å². The summed E-state index contributed by atoms with van der Waals surface area (Å²) in [5.41, 5.74) is 0. The van der Waals surface area contributed by atoms with Crippen LogP contribution in [-0.2, 0) is 0 Å². The highest BCUT2D eigenvalue weighted by molar-refractivity contribution is 7.80. The lowest BCUT2D eigenvalue weighted by Crippen LogP contribution is -2.39. The SMILES string of the molecule is CC(C)CN(CC(C)CS)C1CCCC1. The number of thiol groups is 1. The molecule has 1 unspecified atom stereocenters. The summed E-state index contributed by atoms with van der Waals surface area (Å²) in [5.74, 6) is 2.53. The van der Waals surface area contributed by atoms with Crippen LogP contribution in [0.5, 0.6) is 0 Å². The molecule has 0 aliphatic heterocycles. The van der Waals surface area contributed by atoms with Gasteiger partial charge in [-0.1, -0.05) is 33.6 Å². The summed E-state index contributed by atoms with van der Waals surface area (Å²) in [4.78, 5) is 2.72. The van der Waals surface area contributed by atoms with Gasteiger partial charge in [-0.2, -0.15) is 12.6 Å². The highest BCUT2D eigenvalue weighted by Gasteiger charge is 2.23. The highest BCUT2D eigenvalue weighted by Crippen LogP contribution is 2.25. The Morgan fingerprint density at radius 2 is 1.73 bits per heavy atom. The summed E-state index contributed by atoms with van der Waals surface area (Å²) in [6, 6.07) is 0.870. The molecule has 0 radical (unpaired) electrons. The van der Waals surface area contributed by atoms with Gasteiger partial charge in [0, 0.05) is 19.1 Å². The van der Waals surface area contributed by atoms with E-state index >= 15 is 0 Å². The normalized spacial score (nSPS) is 20.4. The monoisotopic (exact) mass is 229 g/mol. The fraction of sp³-hybridized carbons (Fsp3) is 1.00. The van der Waals surface area contributed by atoms with Crippen molar-refractivity contribution in [1.29, 1.82) is 0 Å². The number of hydrogen-bond donors (Lipinski definition) is 1. The molecular formula is C13H27NS. The Bertz CT molecular complexity index is 164. The summed E-state index contributed by atoms with van der Waals surface area (Å²) in [6.45, 7) is 9.48. The van der Waals surface area contributed by atoms with E-state index in [1.54, 1.807) is 0 Å². The minimum absolute atomic E-state index is 0.729. The van der Waals surface area contributed by atoms with Crippen molar-refractivity contribution in [2.24, 2.45) is 11.8 Å². The molecule has 0 N–H and O–H groups in total. The van der Waals surface area contributed by atoms with E-state index in [4.69, 9.17) is 0 Å². The predicted octanol–water partition coefficient (Wildman–Crippen LogP) is 3.45. The molecule has 1 aliphatic carbocycles. The van der Waals surface area contributed by atoms with Crippen molar-refractivity contribution in [3.63, 3.8) is 0 Å². The van der Waals surface area contributed by atoms with Crippen molar-refractivity contribution in [1.82, 2.24) is 4.90 Å². The lowest BCUT2D eigenvalue weighted by Gasteiger charge is -2.32. The molecule has 0 aromatic heterocycles. The van der Waals surface area contributed by atoms with Crippen LogP contribution in [0.3, 0.4) is 0 Å². The van der Waals surface area contributed by atoms with Crippen molar-refractivity contribution < 1.29 is 0 Å². The van der Waals surface area contributed by atoms with Gasteiger partial charge in [-0.3, -0.25) is 4.90 Å². The zero-order valence-corrected chi connectivity index (χ0v) is 11.5. The molecule has 0 bridgehead atoms. The fourth-order valence-electron chi connectivity index (χ4n) is 2.57. The van der Waals surface area contributed by atoms with Crippen LogP contribution >= 0.6 is 12.6 Å². The Morgan fingerprint density at radius 3 is 2.20 bits per heavy atom. The van der Waals surface area contributed by atoms with E-state index in [1.807, 2.05) is 0 Å². The number of hydrogen-bond acceptors (Lipinski definition) is 2. The second-order valence-corrected chi connectivity index (χ2v) is 5.94. The molecule has 0 spiro atoms. The second kappa shape index (κ2) is 6.80. The maximum atomic E-state index is 4.40. The summed E-state index contributed by atoms with van der Waals surface area (Å²) < 4.78 is 0. The van der Waals surface area contributed by atoms with Gasteiger partial charge in [-0.15, -0.1) is 0 Å². The molecule has 1 fully saturated rings. The maximum absolute atomic E-state index is 4.40. The quantitative estimate of drug-likeness (QED) is 0.683. The molecule has 1 nitrogen and oxygen atoms in total. The van der Waals surface area contributed by atoms with E-state index < -0.39 is 0 Å². The molecule has 1 atom stereocenters. The molecule has 1 rings (SSSR count). The van der Waals surface area contributed by atoms with Gasteiger partial charge in [-0.05, 0) is 30.4 Å². The van der Waals surface area contributed by atoms with Crippen LogP contribution in [0.1, 0.15) is 46.5 Å². The molecule has 0 heterocycles. The zero-order chi connectivity index (χ0) is 11.3. The highest BCUT2D eigenvalue weighted by atomic mass is 32.1. The van der Waals surface area contributed by atoms with Gasteiger partial charge in [0.05, 0.1) is 0 Å². The van der Waals surface area contributed by atoms with Crippen LogP contribution in [0.2, 0.25) is 0 Å². The average Bonchev–Trinajstić information content (AvgIpc) is 2.68. The Morgan fingerprint density at radius 1 is 1.13 bits per heavy atom. The van der Waals surface area contributed by atoms with Crippen LogP contribution in [0.25, 0.3) is 0 Å². The van der Waals surface area contributed by atoms with Gasteiger partial charge in [-0.25, -0.2) is 0 Å². The first-order chi connectivity index (χ1) is 7.13. The zero-order valence-electron chi connectivity index (χ0n) is 10.6. The van der Waals surface area contributed by atoms with Crippen molar-refractivity contribution >= 4 is 12.6 Å². The van der Waals surface area contributed by atoms with Gasteiger partial charge in [0.2, 0.25) is 0 Å². The average molecular weight is 229 g/mol. The predicted molar refractivity (Wildman–Crippen MR) is 71.7 cm³/mol. The van der Waals surface area contributed by atoms with E-state index in [0.717, 1.165) is 23.6 Å². The third-order valence-corrected chi connectivity index (χ3v) is 3.92. The summed E-state index contributed by atoms with van der Waals surface area (Å²) in [7, 11) is 0. The van der Waals surface area contributed by atoms with Gasteiger partial charge < -0.3 is 0 Å². The minimum atomic E-state index is 0.729. The van der Waals surface area contributed by atoms with Gasteiger partial charge >= 0.3 is 0 Å². The van der Waals surface area contributed by atoms with E-state index in [-0.39, 0.29) is 0 Å². The lowest BCUT2D eigenvalue weighted by atomic mass is 10.1. The first-order valence-electron chi connectivity index (χ1n) is 6.48. The molecule has 0 aromatic carbocycles. The maximum Gasteiger partial charge on any atom is 0.00954 e. The summed E-state index contributed by atoms with van der Waals surface area (Å²) >= 11 is 4.40. The Kier molecular flexibility index (Phi) is 6.06. The Labute approximate surface area is 101 Å². The summed E-state index contributed by atoms with van der Waals surface area (Å²) in [6.07, 6.45) is 5.72. The van der Waals surface area contributed by atoms with Crippen molar-refractivity contribution in [2.75, 3.05) is 18.8 Å². The Balaban J connectivity index is 2.43. The molecular weight excluding hydrogens is 202 g/mol. The Hall–Kier alpha value is 0.310. The lowest BCUT2D eigenvalue weighted by molar-refractivity contribution is 0.159.